The van der Waals surface area contributed by atoms with Gasteiger partial charge in [0.15, 0.2) is 0 Å². The summed E-state index contributed by atoms with van der Waals surface area (Å²) in [7, 11) is 0. The summed E-state index contributed by atoms with van der Waals surface area (Å²) in [5.74, 6) is 1.80. The number of halogens is 1. The Hall–Kier alpha value is -2.56. The predicted octanol–water partition coefficient (Wildman–Crippen LogP) is 5.76. The van der Waals surface area contributed by atoms with Gasteiger partial charge in [0.05, 0.1) is 11.0 Å². The molecule has 4 aromatic rings. The maximum absolute atomic E-state index is 6.24. The molecule has 0 saturated carbocycles. The third kappa shape index (κ3) is 4.24. The van der Waals surface area contributed by atoms with Gasteiger partial charge in [-0.25, -0.2) is 4.98 Å². The van der Waals surface area contributed by atoms with Crippen LogP contribution in [0.2, 0.25) is 5.02 Å². The van der Waals surface area contributed by atoms with E-state index < -0.39 is 0 Å². The number of hydrogen-bond acceptors (Lipinski definition) is 3. The van der Waals surface area contributed by atoms with Gasteiger partial charge in [-0.3, -0.25) is 0 Å². The fourth-order valence-corrected chi connectivity index (χ4v) is 3.92. The van der Waals surface area contributed by atoms with Crippen LogP contribution in [-0.2, 0) is 13.2 Å². The van der Waals surface area contributed by atoms with Crippen LogP contribution >= 0.6 is 11.6 Å². The first-order chi connectivity index (χ1) is 14.2. The van der Waals surface area contributed by atoms with E-state index in [1.165, 1.54) is 5.39 Å². The van der Waals surface area contributed by atoms with Crippen molar-refractivity contribution in [3.05, 3.63) is 71.5 Å². The lowest BCUT2D eigenvalue weighted by atomic mass is 10.1. The lowest BCUT2D eigenvalue weighted by Gasteiger charge is -2.19. The second kappa shape index (κ2) is 8.85. The van der Waals surface area contributed by atoms with E-state index >= 15 is 0 Å². The van der Waals surface area contributed by atoms with Crippen molar-refractivity contribution in [2.24, 2.45) is 0 Å². The molecule has 0 saturated heterocycles. The third-order valence-electron chi connectivity index (χ3n) is 5.43. The number of aromatic nitrogens is 2. The van der Waals surface area contributed by atoms with Crippen molar-refractivity contribution in [2.75, 3.05) is 19.6 Å². The van der Waals surface area contributed by atoms with Crippen molar-refractivity contribution in [1.29, 1.82) is 0 Å². The van der Waals surface area contributed by atoms with Crippen molar-refractivity contribution in [1.82, 2.24) is 14.5 Å². The molecule has 0 radical (unpaired) electrons. The quantitative estimate of drug-likeness (QED) is 0.371. The summed E-state index contributed by atoms with van der Waals surface area (Å²) in [6.07, 6.45) is 0. The fourth-order valence-electron chi connectivity index (χ4n) is 3.76. The minimum Gasteiger partial charge on any atom is -0.485 e. The molecular formula is C24H26ClN3O. The number of likely N-dealkylation sites (N-methyl/N-ethyl adjacent to an activating group) is 1. The van der Waals surface area contributed by atoms with Gasteiger partial charge in [-0.2, -0.15) is 0 Å². The molecule has 0 fully saturated rings. The Balaban J connectivity index is 1.64. The highest BCUT2D eigenvalue weighted by molar-refractivity contribution is 6.31. The van der Waals surface area contributed by atoms with Crippen molar-refractivity contribution < 1.29 is 4.74 Å². The smallest absolute Gasteiger partial charge is 0.148 e. The van der Waals surface area contributed by atoms with Crippen LogP contribution in [0.15, 0.2) is 60.7 Å². The number of imidazole rings is 1. The highest BCUT2D eigenvalue weighted by Crippen LogP contribution is 2.27. The number of nitrogens with zero attached hydrogens (tertiary/aromatic N) is 3. The summed E-state index contributed by atoms with van der Waals surface area (Å²) >= 11 is 6.20. The van der Waals surface area contributed by atoms with Crippen LogP contribution in [0.1, 0.15) is 19.7 Å². The molecule has 0 aliphatic heterocycles. The Morgan fingerprint density at radius 2 is 1.79 bits per heavy atom. The molecule has 0 unspecified atom stereocenters. The molecule has 4 rings (SSSR count). The van der Waals surface area contributed by atoms with Crippen LogP contribution < -0.4 is 4.74 Å². The lowest BCUT2D eigenvalue weighted by molar-refractivity contribution is 0.273. The van der Waals surface area contributed by atoms with Crippen molar-refractivity contribution in [3.63, 3.8) is 0 Å². The molecule has 3 aromatic carbocycles. The zero-order chi connectivity index (χ0) is 20.2. The summed E-state index contributed by atoms with van der Waals surface area (Å²) in [5, 5.41) is 2.99. The van der Waals surface area contributed by atoms with Gasteiger partial charge in [0.2, 0.25) is 0 Å². The van der Waals surface area contributed by atoms with Crippen molar-refractivity contribution in [3.8, 4) is 5.75 Å². The first-order valence-corrected chi connectivity index (χ1v) is 10.5. The van der Waals surface area contributed by atoms with E-state index in [0.717, 1.165) is 54.2 Å². The Bertz CT molecular complexity index is 1110. The topological polar surface area (TPSA) is 30.3 Å². The van der Waals surface area contributed by atoms with Crippen molar-refractivity contribution in [2.45, 2.75) is 27.0 Å². The number of benzene rings is 3. The first-order valence-electron chi connectivity index (χ1n) is 10.2. The van der Waals surface area contributed by atoms with E-state index in [-0.39, 0.29) is 0 Å². The van der Waals surface area contributed by atoms with Crippen LogP contribution in [0.25, 0.3) is 21.8 Å². The SMILES string of the molecule is CCN(CC)CCn1c(COc2cccc3ccccc23)nc2cc(Cl)ccc21. The minimum atomic E-state index is 0.415. The minimum absolute atomic E-state index is 0.415. The van der Waals surface area contributed by atoms with Gasteiger partial charge < -0.3 is 14.2 Å². The van der Waals surface area contributed by atoms with Crippen LogP contribution in [0.4, 0.5) is 0 Å². The molecule has 0 aliphatic carbocycles. The Morgan fingerprint density at radius 3 is 2.62 bits per heavy atom. The van der Waals surface area contributed by atoms with E-state index in [4.69, 9.17) is 21.3 Å². The Labute approximate surface area is 176 Å². The molecule has 0 aliphatic rings. The summed E-state index contributed by atoms with van der Waals surface area (Å²) in [6, 6.07) is 20.3. The van der Waals surface area contributed by atoms with Gasteiger partial charge in [-0.15, -0.1) is 0 Å². The van der Waals surface area contributed by atoms with E-state index in [2.05, 4.69) is 41.5 Å². The molecule has 1 heterocycles. The molecule has 4 nitrogen and oxygen atoms in total. The maximum Gasteiger partial charge on any atom is 0.148 e. The van der Waals surface area contributed by atoms with Gasteiger partial charge in [0.1, 0.15) is 18.2 Å². The zero-order valence-corrected chi connectivity index (χ0v) is 17.7. The van der Waals surface area contributed by atoms with Gasteiger partial charge in [0.25, 0.3) is 0 Å². The molecule has 0 atom stereocenters. The largest absolute Gasteiger partial charge is 0.485 e. The molecule has 5 heteroatoms. The van der Waals surface area contributed by atoms with Crippen LogP contribution in [0, 0.1) is 0 Å². The van der Waals surface area contributed by atoms with Crippen LogP contribution in [-0.4, -0.2) is 34.1 Å². The van der Waals surface area contributed by atoms with E-state index in [0.29, 0.717) is 11.6 Å². The van der Waals surface area contributed by atoms with E-state index in [9.17, 15) is 0 Å². The third-order valence-corrected chi connectivity index (χ3v) is 5.67. The second-order valence-electron chi connectivity index (χ2n) is 7.11. The van der Waals surface area contributed by atoms with Crippen molar-refractivity contribution >= 4 is 33.4 Å². The highest BCUT2D eigenvalue weighted by atomic mass is 35.5. The molecule has 0 bridgehead atoms. The zero-order valence-electron chi connectivity index (χ0n) is 16.9. The van der Waals surface area contributed by atoms with Gasteiger partial charge in [-0.1, -0.05) is 61.8 Å². The van der Waals surface area contributed by atoms with Gasteiger partial charge >= 0.3 is 0 Å². The maximum atomic E-state index is 6.24. The average molecular weight is 408 g/mol. The standard InChI is InChI=1S/C24H26ClN3O/c1-3-27(4-2)14-15-28-22-13-12-19(25)16-21(22)26-24(28)17-29-23-11-7-9-18-8-5-6-10-20(18)23/h5-13,16H,3-4,14-15,17H2,1-2H3. The first kappa shape index (κ1) is 19.7. The fraction of sp³-hybridized carbons (Fsp3) is 0.292. The van der Waals surface area contributed by atoms with E-state index in [1.807, 2.05) is 42.5 Å². The summed E-state index contributed by atoms with van der Waals surface area (Å²) < 4.78 is 8.49. The van der Waals surface area contributed by atoms with Crippen LogP contribution in [0.5, 0.6) is 5.75 Å². The Kier molecular flexibility index (Phi) is 6.02. The van der Waals surface area contributed by atoms with Crippen LogP contribution in [0.3, 0.4) is 0 Å². The highest BCUT2D eigenvalue weighted by Gasteiger charge is 2.13. The Morgan fingerprint density at radius 1 is 1.00 bits per heavy atom. The molecule has 0 N–H and O–H groups in total. The number of ether oxygens (including phenoxy) is 1. The van der Waals surface area contributed by atoms with Gasteiger partial charge in [0, 0.05) is 23.5 Å². The number of fused-ring (bicyclic) bond motifs is 2. The normalized spacial score (nSPS) is 11.6. The van der Waals surface area contributed by atoms with E-state index in [1.54, 1.807) is 0 Å². The molecule has 0 spiro atoms. The average Bonchev–Trinajstić information content (AvgIpc) is 3.09. The molecule has 1 aromatic heterocycles. The number of hydrogen-bond donors (Lipinski definition) is 0. The monoisotopic (exact) mass is 407 g/mol. The number of rotatable bonds is 8. The molecular weight excluding hydrogens is 382 g/mol. The second-order valence-corrected chi connectivity index (χ2v) is 7.54. The summed E-state index contributed by atoms with van der Waals surface area (Å²) in [6.45, 7) is 8.72. The van der Waals surface area contributed by atoms with Gasteiger partial charge in [-0.05, 0) is 42.7 Å². The summed E-state index contributed by atoms with van der Waals surface area (Å²) in [5.41, 5.74) is 2.01. The molecule has 29 heavy (non-hydrogen) atoms. The summed E-state index contributed by atoms with van der Waals surface area (Å²) in [4.78, 5) is 7.25. The molecule has 0 amide bonds. The molecule has 150 valence electrons. The lowest BCUT2D eigenvalue weighted by Crippen LogP contribution is -2.27. The predicted molar refractivity (Wildman–Crippen MR) is 121 cm³/mol.